The molecule has 0 aliphatic rings. The van der Waals surface area contributed by atoms with Crippen molar-refractivity contribution in [2.24, 2.45) is 0 Å². The number of carbonyl (C=O) groups excluding carboxylic acids is 2. The van der Waals surface area contributed by atoms with Gasteiger partial charge >= 0.3 is 5.97 Å². The second kappa shape index (κ2) is 8.94. The molecule has 0 radical (unpaired) electrons. The van der Waals surface area contributed by atoms with Crippen LogP contribution in [0.2, 0.25) is 0 Å². The smallest absolute Gasteiger partial charge is 0.321 e. The van der Waals surface area contributed by atoms with E-state index in [9.17, 15) is 22.4 Å². The molecule has 150 valence electrons. The van der Waals surface area contributed by atoms with Gasteiger partial charge in [0.05, 0.1) is 0 Å². The van der Waals surface area contributed by atoms with Gasteiger partial charge in [-0.15, -0.1) is 0 Å². The van der Waals surface area contributed by atoms with E-state index in [0.29, 0.717) is 5.69 Å². The highest BCUT2D eigenvalue weighted by Crippen LogP contribution is 2.16. The normalized spacial score (nSPS) is 12.3. The van der Waals surface area contributed by atoms with Crippen molar-refractivity contribution in [1.82, 2.24) is 4.72 Å². The van der Waals surface area contributed by atoms with E-state index < -0.39 is 45.3 Å². The second-order valence-corrected chi connectivity index (χ2v) is 7.93. The van der Waals surface area contributed by atoms with Gasteiger partial charge in [-0.3, -0.25) is 9.59 Å². The highest BCUT2D eigenvalue weighted by atomic mass is 32.2. The summed E-state index contributed by atoms with van der Waals surface area (Å²) in [5.74, 6) is -2.47. The van der Waals surface area contributed by atoms with Gasteiger partial charge in [-0.2, -0.15) is 4.72 Å². The van der Waals surface area contributed by atoms with Gasteiger partial charge in [0.15, 0.2) is 6.10 Å². The lowest BCUT2D eigenvalue weighted by Gasteiger charge is -2.15. The van der Waals surface area contributed by atoms with Crippen molar-refractivity contribution in [2.45, 2.75) is 31.8 Å². The van der Waals surface area contributed by atoms with Crippen molar-refractivity contribution in [3.8, 4) is 0 Å². The minimum atomic E-state index is -4.23. The van der Waals surface area contributed by atoms with Crippen LogP contribution in [0.5, 0.6) is 0 Å². The van der Waals surface area contributed by atoms with Gasteiger partial charge in [-0.25, -0.2) is 12.8 Å². The van der Waals surface area contributed by atoms with E-state index in [1.165, 1.54) is 19.1 Å². The van der Waals surface area contributed by atoms with Crippen LogP contribution < -0.4 is 10.0 Å². The van der Waals surface area contributed by atoms with Crippen molar-refractivity contribution < 1.29 is 27.1 Å². The van der Waals surface area contributed by atoms with Crippen LogP contribution >= 0.6 is 0 Å². The lowest BCUT2D eigenvalue weighted by Crippen LogP contribution is -2.36. The average molecular weight is 408 g/mol. The number of amides is 1. The maximum Gasteiger partial charge on any atom is 0.321 e. The number of hydrogen-bond acceptors (Lipinski definition) is 5. The summed E-state index contributed by atoms with van der Waals surface area (Å²) in [4.78, 5) is 23.5. The lowest BCUT2D eigenvalue weighted by atomic mass is 10.1. The molecule has 2 rings (SSSR count). The SMILES string of the molecule is Cc1ccc(NC(=O)[C@H](C)OC(=O)CNS(=O)(=O)c2ccccc2F)c(C)c1. The number of nitrogens with one attached hydrogen (secondary N) is 2. The van der Waals surface area contributed by atoms with Crippen LogP contribution in [0.15, 0.2) is 47.4 Å². The third-order valence-electron chi connectivity index (χ3n) is 3.85. The Labute approximate surface area is 163 Å². The van der Waals surface area contributed by atoms with Crippen molar-refractivity contribution >= 4 is 27.6 Å². The number of rotatable bonds is 7. The largest absolute Gasteiger partial charge is 0.452 e. The van der Waals surface area contributed by atoms with Crippen molar-refractivity contribution in [3.05, 3.63) is 59.4 Å². The first kappa shape index (κ1) is 21.5. The standard InChI is InChI=1S/C19H21FN2O5S/c1-12-8-9-16(13(2)10-12)22-19(24)14(3)27-18(23)11-21-28(25,26)17-7-5-4-6-15(17)20/h4-10,14,21H,11H2,1-3H3,(H,22,24)/t14-/m0/s1. The predicted octanol–water partition coefficient (Wildman–Crippen LogP) is 2.29. The number of benzene rings is 2. The minimum Gasteiger partial charge on any atom is -0.452 e. The number of sulfonamides is 1. The average Bonchev–Trinajstić information content (AvgIpc) is 2.62. The summed E-state index contributed by atoms with van der Waals surface area (Å²) >= 11 is 0. The Balaban J connectivity index is 1.91. The highest BCUT2D eigenvalue weighted by molar-refractivity contribution is 7.89. The maximum atomic E-state index is 13.6. The number of anilines is 1. The van der Waals surface area contributed by atoms with Crippen molar-refractivity contribution in [2.75, 3.05) is 11.9 Å². The number of ether oxygens (including phenoxy) is 1. The Kier molecular flexibility index (Phi) is 6.87. The Morgan fingerprint density at radius 1 is 1.14 bits per heavy atom. The summed E-state index contributed by atoms with van der Waals surface area (Å²) < 4.78 is 44.6. The fourth-order valence-electron chi connectivity index (χ4n) is 2.37. The van der Waals surface area contributed by atoms with E-state index >= 15 is 0 Å². The number of aryl methyl sites for hydroxylation is 2. The molecular formula is C19H21FN2O5S. The van der Waals surface area contributed by atoms with Gasteiger partial charge in [0, 0.05) is 5.69 Å². The number of halogens is 1. The molecule has 0 saturated carbocycles. The summed E-state index contributed by atoms with van der Waals surface area (Å²) in [6.45, 7) is 4.38. The molecule has 1 amide bonds. The molecule has 1 atom stereocenters. The molecule has 7 nitrogen and oxygen atoms in total. The summed E-state index contributed by atoms with van der Waals surface area (Å²) in [5.41, 5.74) is 2.47. The number of carbonyl (C=O) groups is 2. The Bertz CT molecular complexity index is 992. The first-order valence-corrected chi connectivity index (χ1v) is 9.90. The van der Waals surface area contributed by atoms with E-state index in [4.69, 9.17) is 4.74 Å². The molecule has 2 aromatic carbocycles. The molecule has 0 fully saturated rings. The van der Waals surface area contributed by atoms with Gasteiger partial charge in [0.25, 0.3) is 5.91 Å². The summed E-state index contributed by atoms with van der Waals surface area (Å²) in [6, 6.07) is 10.2. The van der Waals surface area contributed by atoms with Crippen LogP contribution in [0.25, 0.3) is 0 Å². The first-order valence-electron chi connectivity index (χ1n) is 8.42. The maximum absolute atomic E-state index is 13.6. The van der Waals surface area contributed by atoms with Crippen LogP contribution in [0.4, 0.5) is 10.1 Å². The van der Waals surface area contributed by atoms with Gasteiger partial charge in [0.1, 0.15) is 17.3 Å². The number of hydrogen-bond donors (Lipinski definition) is 2. The van der Waals surface area contributed by atoms with Gasteiger partial charge < -0.3 is 10.1 Å². The molecule has 0 saturated heterocycles. The van der Waals surface area contributed by atoms with Crippen LogP contribution in [-0.2, 0) is 24.3 Å². The zero-order valence-electron chi connectivity index (χ0n) is 15.7. The van der Waals surface area contributed by atoms with Gasteiger partial charge in [0.2, 0.25) is 10.0 Å². The summed E-state index contributed by atoms with van der Waals surface area (Å²) in [6.07, 6.45) is -1.15. The fourth-order valence-corrected chi connectivity index (χ4v) is 3.42. The minimum absolute atomic E-state index is 0.558. The van der Waals surface area contributed by atoms with Crippen LogP contribution in [0.3, 0.4) is 0 Å². The van der Waals surface area contributed by atoms with Crippen molar-refractivity contribution in [3.63, 3.8) is 0 Å². The molecular weight excluding hydrogens is 387 g/mol. The van der Waals surface area contributed by atoms with Crippen LogP contribution in [0, 0.1) is 19.7 Å². The molecule has 2 aromatic rings. The molecule has 0 aliphatic heterocycles. The van der Waals surface area contributed by atoms with Crippen LogP contribution in [-0.4, -0.2) is 32.9 Å². The molecule has 0 spiro atoms. The van der Waals surface area contributed by atoms with Crippen molar-refractivity contribution in [1.29, 1.82) is 0 Å². The van der Waals surface area contributed by atoms with E-state index in [1.807, 2.05) is 30.7 Å². The molecule has 0 aromatic heterocycles. The molecule has 0 heterocycles. The third kappa shape index (κ3) is 5.61. The van der Waals surface area contributed by atoms with E-state index in [1.54, 1.807) is 6.07 Å². The first-order chi connectivity index (χ1) is 13.1. The molecule has 0 aliphatic carbocycles. The Morgan fingerprint density at radius 2 is 1.82 bits per heavy atom. The Morgan fingerprint density at radius 3 is 2.46 bits per heavy atom. The van der Waals surface area contributed by atoms with Crippen LogP contribution in [0.1, 0.15) is 18.1 Å². The predicted molar refractivity (Wildman–Crippen MR) is 102 cm³/mol. The third-order valence-corrected chi connectivity index (χ3v) is 5.28. The zero-order valence-corrected chi connectivity index (χ0v) is 16.5. The molecule has 0 bridgehead atoms. The zero-order chi connectivity index (χ0) is 20.9. The van der Waals surface area contributed by atoms with E-state index in [-0.39, 0.29) is 0 Å². The quantitative estimate of drug-likeness (QED) is 0.685. The molecule has 2 N–H and O–H groups in total. The number of esters is 1. The molecule has 0 unspecified atom stereocenters. The van der Waals surface area contributed by atoms with E-state index in [2.05, 4.69) is 5.32 Å². The highest BCUT2D eigenvalue weighted by Gasteiger charge is 2.22. The Hall–Kier alpha value is -2.78. The molecule has 9 heteroatoms. The van der Waals surface area contributed by atoms with Gasteiger partial charge in [-0.1, -0.05) is 29.8 Å². The topological polar surface area (TPSA) is 102 Å². The molecule has 28 heavy (non-hydrogen) atoms. The van der Waals surface area contributed by atoms with Gasteiger partial charge in [-0.05, 0) is 44.5 Å². The van der Waals surface area contributed by atoms with E-state index in [0.717, 1.165) is 23.3 Å². The lowest BCUT2D eigenvalue weighted by molar-refractivity contribution is -0.151. The summed E-state index contributed by atoms with van der Waals surface area (Å²) in [5, 5.41) is 2.64. The monoisotopic (exact) mass is 408 g/mol. The second-order valence-electron chi connectivity index (χ2n) is 6.19. The fraction of sp³-hybridized carbons (Fsp3) is 0.263. The summed E-state index contributed by atoms with van der Waals surface area (Å²) in [7, 11) is -4.23.